The van der Waals surface area contributed by atoms with E-state index >= 15 is 0 Å². The molecule has 23 heavy (non-hydrogen) atoms. The van der Waals surface area contributed by atoms with Crippen LogP contribution in [0.15, 0.2) is 28.9 Å². The second kappa shape index (κ2) is 7.57. The number of hydrogen-bond donors (Lipinski definition) is 1. The van der Waals surface area contributed by atoms with Gasteiger partial charge in [0.25, 0.3) is 0 Å². The number of ether oxygens (including phenoxy) is 1. The molecule has 0 radical (unpaired) electrons. The van der Waals surface area contributed by atoms with Gasteiger partial charge in [-0.2, -0.15) is 0 Å². The van der Waals surface area contributed by atoms with E-state index in [1.807, 2.05) is 26.2 Å². The van der Waals surface area contributed by atoms with E-state index in [2.05, 4.69) is 32.5 Å². The van der Waals surface area contributed by atoms with E-state index in [0.29, 0.717) is 0 Å². The summed E-state index contributed by atoms with van der Waals surface area (Å²) >= 11 is 0. The lowest BCUT2D eigenvalue weighted by atomic mass is 10.1. The quantitative estimate of drug-likeness (QED) is 0.882. The molecule has 3 heterocycles. The normalized spacial score (nSPS) is 19.0. The zero-order chi connectivity index (χ0) is 16.1. The molecule has 0 amide bonds. The number of hydrogen-bond acceptors (Lipinski definition) is 6. The van der Waals surface area contributed by atoms with Crippen LogP contribution in [0.4, 0.5) is 5.82 Å². The Bertz CT molecular complexity index is 629. The van der Waals surface area contributed by atoms with Crippen molar-refractivity contribution >= 4 is 5.82 Å². The van der Waals surface area contributed by atoms with E-state index in [-0.39, 0.29) is 6.10 Å². The van der Waals surface area contributed by atoms with Crippen LogP contribution in [0.1, 0.15) is 23.4 Å². The van der Waals surface area contributed by atoms with Crippen LogP contribution in [0.25, 0.3) is 0 Å². The largest absolute Gasteiger partial charge is 0.376 e. The lowest BCUT2D eigenvalue weighted by molar-refractivity contribution is -0.0351. The van der Waals surface area contributed by atoms with Gasteiger partial charge in [0.2, 0.25) is 0 Å². The Morgan fingerprint density at radius 3 is 3.09 bits per heavy atom. The number of nitrogens with zero attached hydrogens (tertiary/aromatic N) is 3. The predicted octanol–water partition coefficient (Wildman–Crippen LogP) is 2.25. The summed E-state index contributed by atoms with van der Waals surface area (Å²) < 4.78 is 11.1. The number of pyridine rings is 1. The first-order valence-electron chi connectivity index (χ1n) is 8.12. The van der Waals surface area contributed by atoms with Gasteiger partial charge < -0.3 is 14.6 Å². The Labute approximate surface area is 136 Å². The molecule has 0 spiro atoms. The van der Waals surface area contributed by atoms with Crippen molar-refractivity contribution in [2.75, 3.05) is 32.1 Å². The maximum absolute atomic E-state index is 5.91. The molecule has 0 aromatic carbocycles. The van der Waals surface area contributed by atoms with E-state index in [0.717, 1.165) is 56.4 Å². The smallest absolute Gasteiger partial charge is 0.133 e. The summed E-state index contributed by atoms with van der Waals surface area (Å²) in [5.74, 6) is 1.78. The maximum Gasteiger partial charge on any atom is 0.133 e. The minimum atomic E-state index is 0.267. The van der Waals surface area contributed by atoms with Gasteiger partial charge in [-0.1, -0.05) is 5.16 Å². The van der Waals surface area contributed by atoms with Crippen molar-refractivity contribution in [3.8, 4) is 0 Å². The van der Waals surface area contributed by atoms with E-state index < -0.39 is 0 Å². The fourth-order valence-electron chi connectivity index (χ4n) is 2.91. The van der Waals surface area contributed by atoms with E-state index in [4.69, 9.17) is 9.26 Å². The first-order chi connectivity index (χ1) is 11.2. The minimum absolute atomic E-state index is 0.267. The molecular formula is C17H24N4O2. The first-order valence-corrected chi connectivity index (χ1v) is 8.12. The number of aromatic nitrogens is 2. The Balaban J connectivity index is 1.50. The minimum Gasteiger partial charge on any atom is -0.376 e. The number of rotatable bonds is 6. The SMILES string of the molecule is CNc1cc(CC[C@H]2CN(Cc3cc(C)on3)CCO2)ccn1. The van der Waals surface area contributed by atoms with Crippen molar-refractivity contribution in [3.63, 3.8) is 0 Å². The third-order valence-electron chi connectivity index (χ3n) is 4.12. The van der Waals surface area contributed by atoms with Crippen LogP contribution in [-0.2, 0) is 17.7 Å². The van der Waals surface area contributed by atoms with Crippen molar-refractivity contribution in [2.24, 2.45) is 0 Å². The van der Waals surface area contributed by atoms with Gasteiger partial charge in [-0.25, -0.2) is 4.98 Å². The average molecular weight is 316 g/mol. The molecule has 0 bridgehead atoms. The second-order valence-corrected chi connectivity index (χ2v) is 5.99. The van der Waals surface area contributed by atoms with Gasteiger partial charge in [0.05, 0.1) is 18.4 Å². The highest BCUT2D eigenvalue weighted by molar-refractivity contribution is 5.36. The van der Waals surface area contributed by atoms with E-state index in [9.17, 15) is 0 Å². The van der Waals surface area contributed by atoms with Crippen LogP contribution in [0, 0.1) is 6.92 Å². The summed E-state index contributed by atoms with van der Waals surface area (Å²) in [6.45, 7) is 5.42. The number of nitrogens with one attached hydrogen (secondary N) is 1. The second-order valence-electron chi connectivity index (χ2n) is 5.99. The highest BCUT2D eigenvalue weighted by Gasteiger charge is 2.21. The van der Waals surface area contributed by atoms with Crippen LogP contribution in [-0.4, -0.2) is 47.9 Å². The molecule has 1 atom stereocenters. The molecule has 1 saturated heterocycles. The van der Waals surface area contributed by atoms with Crippen molar-refractivity contribution in [1.29, 1.82) is 0 Å². The zero-order valence-electron chi connectivity index (χ0n) is 13.8. The van der Waals surface area contributed by atoms with Gasteiger partial charge in [0, 0.05) is 38.9 Å². The molecule has 6 nitrogen and oxygen atoms in total. The summed E-state index contributed by atoms with van der Waals surface area (Å²) in [7, 11) is 1.89. The van der Waals surface area contributed by atoms with Gasteiger partial charge in [0.1, 0.15) is 11.6 Å². The van der Waals surface area contributed by atoms with Crippen molar-refractivity contribution in [3.05, 3.63) is 41.4 Å². The van der Waals surface area contributed by atoms with Gasteiger partial charge in [-0.3, -0.25) is 4.90 Å². The van der Waals surface area contributed by atoms with E-state index in [1.54, 1.807) is 0 Å². The predicted molar refractivity (Wildman–Crippen MR) is 88.4 cm³/mol. The van der Waals surface area contributed by atoms with Crippen molar-refractivity contribution in [1.82, 2.24) is 15.0 Å². The first kappa shape index (κ1) is 16.0. The monoisotopic (exact) mass is 316 g/mol. The molecule has 0 unspecified atom stereocenters. The zero-order valence-corrected chi connectivity index (χ0v) is 13.8. The maximum atomic E-state index is 5.91. The Kier molecular flexibility index (Phi) is 5.25. The summed E-state index contributed by atoms with van der Waals surface area (Å²) in [6, 6.07) is 6.17. The fraction of sp³-hybridized carbons (Fsp3) is 0.529. The van der Waals surface area contributed by atoms with Crippen LogP contribution in [0.2, 0.25) is 0 Å². The van der Waals surface area contributed by atoms with Gasteiger partial charge in [-0.05, 0) is 37.5 Å². The fourth-order valence-corrected chi connectivity index (χ4v) is 2.91. The molecule has 1 fully saturated rings. The van der Waals surface area contributed by atoms with Crippen LogP contribution in [0.3, 0.4) is 0 Å². The Morgan fingerprint density at radius 1 is 1.39 bits per heavy atom. The summed E-state index contributed by atoms with van der Waals surface area (Å²) in [5.41, 5.74) is 2.29. The van der Waals surface area contributed by atoms with Crippen molar-refractivity contribution < 1.29 is 9.26 Å². The molecule has 1 N–H and O–H groups in total. The lowest BCUT2D eigenvalue weighted by Gasteiger charge is -2.32. The van der Waals surface area contributed by atoms with Gasteiger partial charge >= 0.3 is 0 Å². The van der Waals surface area contributed by atoms with Gasteiger partial charge in [0.15, 0.2) is 0 Å². The summed E-state index contributed by atoms with van der Waals surface area (Å²) in [5, 5.41) is 7.15. The topological polar surface area (TPSA) is 63.4 Å². The molecule has 2 aromatic rings. The molecule has 0 saturated carbocycles. The molecular weight excluding hydrogens is 292 g/mol. The summed E-state index contributed by atoms with van der Waals surface area (Å²) in [4.78, 5) is 6.63. The van der Waals surface area contributed by atoms with Crippen LogP contribution < -0.4 is 5.32 Å². The Hall–Kier alpha value is -1.92. The van der Waals surface area contributed by atoms with Gasteiger partial charge in [-0.15, -0.1) is 0 Å². The highest BCUT2D eigenvalue weighted by Crippen LogP contribution is 2.16. The molecule has 0 aliphatic carbocycles. The third kappa shape index (κ3) is 4.53. The molecule has 1 aliphatic heterocycles. The number of anilines is 1. The number of morpholine rings is 1. The van der Waals surface area contributed by atoms with Crippen LogP contribution >= 0.6 is 0 Å². The van der Waals surface area contributed by atoms with Crippen molar-refractivity contribution in [2.45, 2.75) is 32.4 Å². The molecule has 6 heteroatoms. The Morgan fingerprint density at radius 2 is 2.30 bits per heavy atom. The lowest BCUT2D eigenvalue weighted by Crippen LogP contribution is -2.42. The highest BCUT2D eigenvalue weighted by atomic mass is 16.5. The average Bonchev–Trinajstić information content (AvgIpc) is 2.98. The molecule has 3 rings (SSSR count). The number of aryl methyl sites for hydroxylation is 2. The molecule has 1 aliphatic rings. The van der Waals surface area contributed by atoms with Crippen LogP contribution in [0.5, 0.6) is 0 Å². The standard InChI is InChI=1S/C17H24N4O2/c1-13-9-15(20-23-13)11-21-7-8-22-16(12-21)4-3-14-5-6-19-17(10-14)18-2/h5-6,9-10,16H,3-4,7-8,11-12H2,1-2H3,(H,18,19)/t16-/m0/s1. The molecule has 2 aromatic heterocycles. The third-order valence-corrected chi connectivity index (χ3v) is 4.12. The summed E-state index contributed by atoms with van der Waals surface area (Å²) in [6.07, 6.45) is 4.13. The molecule has 124 valence electrons. The van der Waals surface area contributed by atoms with E-state index in [1.165, 1.54) is 5.56 Å².